The Bertz CT molecular complexity index is 2060. The molecule has 2 aromatic heterocycles. The molecule has 3 aliphatic heterocycles. The van der Waals surface area contributed by atoms with E-state index in [9.17, 15) is 17.6 Å². The highest BCUT2D eigenvalue weighted by molar-refractivity contribution is 6.30. The number of hydrogen-bond acceptors (Lipinski definition) is 7. The van der Waals surface area contributed by atoms with Crippen molar-refractivity contribution in [1.82, 2.24) is 29.6 Å². The molecular weight excluding hydrogens is 671 g/mol. The number of rotatable bonds is 7. The molecule has 5 heterocycles. The van der Waals surface area contributed by atoms with Crippen LogP contribution in [0.4, 0.5) is 22.0 Å². The van der Waals surface area contributed by atoms with Crippen molar-refractivity contribution < 1.29 is 36.2 Å². The molecule has 2 saturated heterocycles. The minimum absolute atomic E-state index is 0.0843. The number of nitrogens with one attached hydrogen (secondary N) is 1. The first-order chi connectivity index (χ1) is 23.4. The maximum Gasteiger partial charge on any atom is 0.451 e. The van der Waals surface area contributed by atoms with Crippen LogP contribution < -0.4 is 9.47 Å². The molecular formula is C34H30ClF5N6O3. The summed E-state index contributed by atoms with van der Waals surface area (Å²) in [7, 11) is 0. The molecule has 8 rings (SSSR count). The number of piperidine rings is 1. The minimum Gasteiger partial charge on any atom is -0.444 e. The molecule has 2 fully saturated rings. The predicted molar refractivity (Wildman–Crippen MR) is 168 cm³/mol. The number of nitrogens with zero attached hydrogens (tertiary/aromatic N) is 5. The van der Waals surface area contributed by atoms with Gasteiger partial charge < -0.3 is 23.8 Å². The summed E-state index contributed by atoms with van der Waals surface area (Å²) < 4.78 is 89.9. The monoisotopic (exact) mass is 700 g/mol. The third-order valence-corrected chi connectivity index (χ3v) is 9.74. The van der Waals surface area contributed by atoms with Crippen molar-refractivity contribution in [3.05, 3.63) is 88.0 Å². The van der Waals surface area contributed by atoms with E-state index >= 15 is 4.39 Å². The van der Waals surface area contributed by atoms with Crippen LogP contribution >= 0.6 is 11.6 Å². The van der Waals surface area contributed by atoms with Crippen LogP contribution in [0.1, 0.15) is 54.9 Å². The van der Waals surface area contributed by atoms with Crippen LogP contribution in [0.2, 0.25) is 5.02 Å². The largest absolute Gasteiger partial charge is 0.451 e. The van der Waals surface area contributed by atoms with Crippen LogP contribution in [0.15, 0.2) is 48.5 Å². The smallest absolute Gasteiger partial charge is 0.444 e. The number of aromatic amines is 1. The normalized spacial score (nSPS) is 21.4. The zero-order chi connectivity index (χ0) is 34.1. The second-order valence-electron chi connectivity index (χ2n) is 12.8. The highest BCUT2D eigenvalue weighted by Crippen LogP contribution is 2.50. The number of fused-ring (bicyclic) bond motifs is 2. The molecule has 0 radical (unpaired) electrons. The fourth-order valence-electron chi connectivity index (χ4n) is 6.91. The van der Waals surface area contributed by atoms with Gasteiger partial charge in [0.1, 0.15) is 23.0 Å². The number of hydrogen-bond donors (Lipinski definition) is 1. The molecule has 3 aromatic carbocycles. The van der Waals surface area contributed by atoms with Crippen molar-refractivity contribution in [1.29, 1.82) is 0 Å². The van der Waals surface area contributed by atoms with E-state index in [4.69, 9.17) is 30.8 Å². The van der Waals surface area contributed by atoms with Gasteiger partial charge in [0.05, 0.1) is 30.3 Å². The lowest BCUT2D eigenvalue weighted by atomic mass is 9.88. The Labute approximate surface area is 281 Å². The third kappa shape index (κ3) is 5.89. The summed E-state index contributed by atoms with van der Waals surface area (Å²) in [5, 5.41) is 7.04. The van der Waals surface area contributed by atoms with E-state index in [0.717, 1.165) is 30.9 Å². The fourth-order valence-corrected chi connectivity index (χ4v) is 7.07. The van der Waals surface area contributed by atoms with Crippen LogP contribution in [0.25, 0.3) is 22.4 Å². The molecule has 0 aliphatic carbocycles. The van der Waals surface area contributed by atoms with Gasteiger partial charge in [-0.3, -0.25) is 4.90 Å². The van der Waals surface area contributed by atoms with Gasteiger partial charge in [0.15, 0.2) is 17.3 Å². The Morgan fingerprint density at radius 3 is 2.49 bits per heavy atom. The SMILES string of the molecule is CC1(c2ccc(Cl)cc2F)Oc2cccc(C3CCN(Cc4nc5cc(-c6nnc(C(F)(F)F)[nH]6)cc(F)c5n4C[C@@H]4CCO4)CC3)c2O1. The lowest BCUT2D eigenvalue weighted by Gasteiger charge is -2.33. The van der Waals surface area contributed by atoms with Crippen molar-refractivity contribution in [2.75, 3.05) is 19.7 Å². The van der Waals surface area contributed by atoms with Crippen molar-refractivity contribution in [3.63, 3.8) is 0 Å². The molecule has 0 saturated carbocycles. The zero-order valence-corrected chi connectivity index (χ0v) is 26.9. The number of H-pyrrole nitrogens is 1. The summed E-state index contributed by atoms with van der Waals surface area (Å²) >= 11 is 5.97. The van der Waals surface area contributed by atoms with Crippen LogP contribution in [0, 0.1) is 11.6 Å². The molecule has 1 unspecified atom stereocenters. The highest BCUT2D eigenvalue weighted by Gasteiger charge is 2.43. The lowest BCUT2D eigenvalue weighted by Crippen LogP contribution is -2.35. The van der Waals surface area contributed by atoms with E-state index in [-0.39, 0.29) is 39.5 Å². The standard InChI is InChI=1S/C34H30ClF5N6O3/c1-33(23-6-5-20(35)15-24(23)36)48-27-4-2-3-22(30(27)49-33)18-7-10-45(11-8-18)17-28-41-26-14-19(31-42-32(44-43-31)34(38,39)40)13-25(37)29(26)46(28)16-21-9-12-47-21/h2-6,13-15,18,21H,7-12,16-17H2,1H3,(H,42,43,44)/t21-,33?/m0/s1. The number of alkyl halides is 3. The lowest BCUT2D eigenvalue weighted by molar-refractivity contribution is -0.144. The van der Waals surface area contributed by atoms with E-state index in [1.54, 1.807) is 19.1 Å². The summed E-state index contributed by atoms with van der Waals surface area (Å²) in [5.41, 5.74) is 1.92. The van der Waals surface area contributed by atoms with Gasteiger partial charge in [-0.05, 0) is 74.7 Å². The molecule has 0 amide bonds. The van der Waals surface area contributed by atoms with Gasteiger partial charge in [0.25, 0.3) is 5.79 Å². The molecule has 256 valence electrons. The van der Waals surface area contributed by atoms with E-state index in [1.807, 2.05) is 22.8 Å². The molecule has 15 heteroatoms. The number of ether oxygens (including phenoxy) is 3. The number of para-hydroxylation sites is 1. The first-order valence-electron chi connectivity index (χ1n) is 15.9. The molecule has 2 atom stereocenters. The quantitative estimate of drug-likeness (QED) is 0.175. The van der Waals surface area contributed by atoms with Crippen molar-refractivity contribution in [2.45, 2.75) is 63.3 Å². The average molecular weight is 701 g/mol. The van der Waals surface area contributed by atoms with Gasteiger partial charge in [0.2, 0.25) is 5.82 Å². The van der Waals surface area contributed by atoms with Gasteiger partial charge in [-0.1, -0.05) is 23.7 Å². The van der Waals surface area contributed by atoms with E-state index in [2.05, 4.69) is 20.1 Å². The summed E-state index contributed by atoms with van der Waals surface area (Å²) in [5.74, 6) is -2.02. The average Bonchev–Trinajstić information content (AvgIpc) is 3.75. The summed E-state index contributed by atoms with van der Waals surface area (Å²) in [6.07, 6.45) is -2.37. The van der Waals surface area contributed by atoms with Crippen LogP contribution in [-0.2, 0) is 29.8 Å². The Balaban J connectivity index is 1.02. The molecule has 3 aliphatic rings. The van der Waals surface area contributed by atoms with E-state index < -0.39 is 29.4 Å². The second-order valence-corrected chi connectivity index (χ2v) is 13.2. The maximum atomic E-state index is 15.7. The number of likely N-dealkylation sites (tertiary alicyclic amines) is 1. The number of halogens is 6. The van der Waals surface area contributed by atoms with Crippen LogP contribution in [0.3, 0.4) is 0 Å². The Morgan fingerprint density at radius 1 is 1.00 bits per heavy atom. The zero-order valence-electron chi connectivity index (χ0n) is 26.2. The van der Waals surface area contributed by atoms with Crippen molar-refractivity contribution in [3.8, 4) is 22.9 Å². The Morgan fingerprint density at radius 2 is 1.80 bits per heavy atom. The minimum atomic E-state index is -4.71. The fraction of sp³-hybridized carbons (Fsp3) is 0.382. The van der Waals surface area contributed by atoms with E-state index in [0.29, 0.717) is 55.6 Å². The van der Waals surface area contributed by atoms with Crippen LogP contribution in [-0.4, -0.2) is 55.4 Å². The van der Waals surface area contributed by atoms with Gasteiger partial charge >= 0.3 is 6.18 Å². The van der Waals surface area contributed by atoms with Crippen molar-refractivity contribution >= 4 is 22.6 Å². The summed E-state index contributed by atoms with van der Waals surface area (Å²) in [6, 6.07) is 12.8. The third-order valence-electron chi connectivity index (χ3n) is 9.51. The first kappa shape index (κ1) is 32.0. The van der Waals surface area contributed by atoms with Gasteiger partial charge in [-0.15, -0.1) is 10.2 Å². The predicted octanol–water partition coefficient (Wildman–Crippen LogP) is 7.58. The molecule has 1 N–H and O–H groups in total. The number of benzene rings is 3. The number of imidazole rings is 1. The maximum absolute atomic E-state index is 15.7. The molecule has 0 spiro atoms. The van der Waals surface area contributed by atoms with Gasteiger partial charge in [-0.2, -0.15) is 13.2 Å². The van der Waals surface area contributed by atoms with Crippen LogP contribution in [0.5, 0.6) is 11.5 Å². The topological polar surface area (TPSA) is 90.3 Å². The van der Waals surface area contributed by atoms with Crippen molar-refractivity contribution in [2.24, 2.45) is 0 Å². The van der Waals surface area contributed by atoms with Gasteiger partial charge in [-0.25, -0.2) is 13.8 Å². The van der Waals surface area contributed by atoms with Gasteiger partial charge in [0, 0.05) is 29.7 Å². The molecule has 9 nitrogen and oxygen atoms in total. The van der Waals surface area contributed by atoms with E-state index in [1.165, 1.54) is 12.1 Å². The molecule has 0 bridgehead atoms. The Kier molecular flexibility index (Phi) is 7.80. The summed E-state index contributed by atoms with van der Waals surface area (Å²) in [6.45, 7) is 4.58. The highest BCUT2D eigenvalue weighted by atomic mass is 35.5. The molecule has 5 aromatic rings. The summed E-state index contributed by atoms with van der Waals surface area (Å²) in [4.78, 5) is 9.15. The number of aromatic nitrogens is 5. The second kappa shape index (κ2) is 12.0. The molecule has 49 heavy (non-hydrogen) atoms. The first-order valence-corrected chi connectivity index (χ1v) is 16.3. The Hall–Kier alpha value is -4.27.